The summed E-state index contributed by atoms with van der Waals surface area (Å²) in [5.74, 6) is 0.776. The Balaban J connectivity index is 1.53. The Morgan fingerprint density at radius 1 is 1.07 bits per heavy atom. The number of benzene rings is 2. The fraction of sp³-hybridized carbons (Fsp3) is 0. The van der Waals surface area contributed by atoms with Crippen LogP contribution in [0.5, 0.6) is 0 Å². The minimum atomic E-state index is 0.325. The minimum absolute atomic E-state index is 0.325. The van der Waals surface area contributed by atoms with Crippen molar-refractivity contribution in [3.8, 4) is 17.3 Å². The maximum absolute atomic E-state index is 9.52. The molecule has 0 aliphatic heterocycles. The zero-order valence-corrected chi connectivity index (χ0v) is 15.9. The van der Waals surface area contributed by atoms with Crippen molar-refractivity contribution in [2.75, 3.05) is 5.32 Å². The van der Waals surface area contributed by atoms with E-state index in [1.165, 1.54) is 0 Å². The molecule has 7 heteroatoms. The Morgan fingerprint density at radius 3 is 2.66 bits per heavy atom. The molecule has 0 saturated carbocycles. The standard InChI is InChI=1S/C22H15ClN6/c23-17-4-3-5-18(12-17)27-22-19(13-24)21(28-29-22)26-14-15-7-9-16(10-8-15)20-6-1-2-11-25-20/h1-12,14H,(H2,27,28,29)/b26-14+. The molecule has 140 valence electrons. The van der Waals surface area contributed by atoms with Gasteiger partial charge in [-0.05, 0) is 35.9 Å². The number of rotatable bonds is 5. The van der Waals surface area contributed by atoms with E-state index in [4.69, 9.17) is 11.6 Å². The summed E-state index contributed by atoms with van der Waals surface area (Å²) in [5, 5.41) is 20.1. The summed E-state index contributed by atoms with van der Waals surface area (Å²) in [6.07, 6.45) is 3.45. The predicted molar refractivity (Wildman–Crippen MR) is 115 cm³/mol. The Labute approximate surface area is 172 Å². The van der Waals surface area contributed by atoms with E-state index in [2.05, 4.69) is 31.6 Å². The first-order chi connectivity index (χ1) is 14.2. The largest absolute Gasteiger partial charge is 0.338 e. The van der Waals surface area contributed by atoms with Crippen molar-refractivity contribution in [1.29, 1.82) is 5.26 Å². The third-order valence-corrected chi connectivity index (χ3v) is 4.40. The molecule has 0 aliphatic rings. The number of H-pyrrole nitrogens is 1. The average molecular weight is 399 g/mol. The van der Waals surface area contributed by atoms with Crippen molar-refractivity contribution in [1.82, 2.24) is 15.2 Å². The highest BCUT2D eigenvalue weighted by molar-refractivity contribution is 6.30. The van der Waals surface area contributed by atoms with Crippen molar-refractivity contribution in [2.24, 2.45) is 4.99 Å². The Bertz CT molecular complexity index is 1190. The first-order valence-electron chi connectivity index (χ1n) is 8.79. The molecule has 29 heavy (non-hydrogen) atoms. The van der Waals surface area contributed by atoms with Gasteiger partial charge in [0.15, 0.2) is 11.6 Å². The molecular formula is C22H15ClN6. The van der Waals surface area contributed by atoms with Crippen LogP contribution in [0.25, 0.3) is 11.3 Å². The lowest BCUT2D eigenvalue weighted by Crippen LogP contribution is -1.92. The smallest absolute Gasteiger partial charge is 0.172 e. The zero-order valence-electron chi connectivity index (χ0n) is 15.2. The van der Waals surface area contributed by atoms with Gasteiger partial charge in [-0.3, -0.25) is 10.1 Å². The van der Waals surface area contributed by atoms with Crippen molar-refractivity contribution in [3.05, 3.63) is 89.1 Å². The van der Waals surface area contributed by atoms with Gasteiger partial charge < -0.3 is 5.32 Å². The lowest BCUT2D eigenvalue weighted by atomic mass is 10.1. The van der Waals surface area contributed by atoms with Gasteiger partial charge >= 0.3 is 0 Å². The second-order valence-electron chi connectivity index (χ2n) is 6.14. The van der Waals surface area contributed by atoms with Crippen LogP contribution < -0.4 is 5.32 Å². The molecule has 4 aromatic rings. The van der Waals surface area contributed by atoms with Crippen LogP contribution in [0, 0.1) is 11.3 Å². The molecule has 0 aliphatic carbocycles. The van der Waals surface area contributed by atoms with Crippen LogP contribution in [0.4, 0.5) is 17.3 Å². The molecule has 0 amide bonds. The second-order valence-corrected chi connectivity index (χ2v) is 6.57. The van der Waals surface area contributed by atoms with Gasteiger partial charge in [-0.15, -0.1) is 0 Å². The first-order valence-corrected chi connectivity index (χ1v) is 9.17. The molecule has 0 saturated heterocycles. The number of hydrogen-bond donors (Lipinski definition) is 2. The number of hydrogen-bond acceptors (Lipinski definition) is 5. The van der Waals surface area contributed by atoms with E-state index in [0.717, 1.165) is 22.5 Å². The number of aromatic nitrogens is 3. The molecule has 0 unspecified atom stereocenters. The van der Waals surface area contributed by atoms with E-state index in [0.29, 0.717) is 22.2 Å². The van der Waals surface area contributed by atoms with Crippen LogP contribution >= 0.6 is 11.6 Å². The maximum atomic E-state index is 9.52. The molecule has 0 spiro atoms. The lowest BCUT2D eigenvalue weighted by Gasteiger charge is -2.03. The number of nitriles is 1. The van der Waals surface area contributed by atoms with Gasteiger partial charge in [0.1, 0.15) is 11.6 Å². The molecule has 0 radical (unpaired) electrons. The van der Waals surface area contributed by atoms with Crippen LogP contribution in [0.1, 0.15) is 11.1 Å². The lowest BCUT2D eigenvalue weighted by molar-refractivity contribution is 1.09. The molecule has 4 rings (SSSR count). The maximum Gasteiger partial charge on any atom is 0.172 e. The van der Waals surface area contributed by atoms with Crippen LogP contribution in [-0.4, -0.2) is 21.4 Å². The number of aromatic amines is 1. The molecule has 0 bridgehead atoms. The molecule has 6 nitrogen and oxygen atoms in total. The van der Waals surface area contributed by atoms with E-state index in [1.54, 1.807) is 24.5 Å². The zero-order chi connectivity index (χ0) is 20.1. The van der Waals surface area contributed by atoms with Gasteiger partial charge in [0.2, 0.25) is 0 Å². The topological polar surface area (TPSA) is 89.8 Å². The normalized spacial score (nSPS) is 10.8. The Kier molecular flexibility index (Phi) is 5.32. The van der Waals surface area contributed by atoms with Crippen LogP contribution in [0.3, 0.4) is 0 Å². The molecule has 2 aromatic carbocycles. The van der Waals surface area contributed by atoms with Crippen LogP contribution in [0.2, 0.25) is 5.02 Å². The molecular weight excluding hydrogens is 384 g/mol. The molecule has 0 atom stereocenters. The molecule has 2 N–H and O–H groups in total. The fourth-order valence-electron chi connectivity index (χ4n) is 2.74. The summed E-state index contributed by atoms with van der Waals surface area (Å²) in [5.41, 5.74) is 3.89. The summed E-state index contributed by atoms with van der Waals surface area (Å²) < 4.78 is 0. The van der Waals surface area contributed by atoms with E-state index in [1.807, 2.05) is 54.6 Å². The third kappa shape index (κ3) is 4.32. The van der Waals surface area contributed by atoms with E-state index >= 15 is 0 Å². The number of pyridine rings is 1. The van der Waals surface area contributed by atoms with Gasteiger partial charge in [0, 0.05) is 28.7 Å². The van der Waals surface area contributed by atoms with Crippen LogP contribution in [0.15, 0.2) is 77.9 Å². The fourth-order valence-corrected chi connectivity index (χ4v) is 2.93. The molecule has 0 fully saturated rings. The summed E-state index contributed by atoms with van der Waals surface area (Å²) in [6, 6.07) is 23.0. The third-order valence-electron chi connectivity index (χ3n) is 4.16. The van der Waals surface area contributed by atoms with Gasteiger partial charge in [-0.2, -0.15) is 10.4 Å². The van der Waals surface area contributed by atoms with Crippen molar-refractivity contribution < 1.29 is 0 Å². The highest BCUT2D eigenvalue weighted by Gasteiger charge is 2.12. The van der Waals surface area contributed by atoms with Crippen molar-refractivity contribution in [3.63, 3.8) is 0 Å². The van der Waals surface area contributed by atoms with Gasteiger partial charge in [0.05, 0.1) is 5.69 Å². The SMILES string of the molecule is N#Cc1c(Nc2cccc(Cl)c2)n[nH]c1/N=C/c1ccc(-c2ccccn2)cc1. The van der Waals surface area contributed by atoms with E-state index in [9.17, 15) is 5.26 Å². The number of nitrogens with one attached hydrogen (secondary N) is 2. The van der Waals surface area contributed by atoms with Gasteiger partial charge in [-0.1, -0.05) is 48.0 Å². The highest BCUT2D eigenvalue weighted by atomic mass is 35.5. The number of nitrogens with zero attached hydrogens (tertiary/aromatic N) is 4. The number of aliphatic imine (C=N–C) groups is 1. The quantitative estimate of drug-likeness (QED) is 0.435. The minimum Gasteiger partial charge on any atom is -0.338 e. The predicted octanol–water partition coefficient (Wildman–Crippen LogP) is 5.49. The van der Waals surface area contributed by atoms with Crippen molar-refractivity contribution in [2.45, 2.75) is 0 Å². The van der Waals surface area contributed by atoms with E-state index < -0.39 is 0 Å². The first kappa shape index (κ1) is 18.4. The van der Waals surface area contributed by atoms with Gasteiger partial charge in [-0.25, -0.2) is 4.99 Å². The second kappa shape index (κ2) is 8.38. The monoisotopic (exact) mass is 398 g/mol. The van der Waals surface area contributed by atoms with E-state index in [-0.39, 0.29) is 0 Å². The van der Waals surface area contributed by atoms with Gasteiger partial charge in [0.25, 0.3) is 0 Å². The Morgan fingerprint density at radius 2 is 1.93 bits per heavy atom. The number of anilines is 2. The summed E-state index contributed by atoms with van der Waals surface area (Å²) in [4.78, 5) is 8.72. The number of halogens is 1. The average Bonchev–Trinajstić information content (AvgIpc) is 3.14. The summed E-state index contributed by atoms with van der Waals surface area (Å²) >= 11 is 6.00. The van der Waals surface area contributed by atoms with Crippen LogP contribution in [-0.2, 0) is 0 Å². The highest BCUT2D eigenvalue weighted by Crippen LogP contribution is 2.27. The van der Waals surface area contributed by atoms with Crippen molar-refractivity contribution >= 4 is 35.1 Å². The Hall–Kier alpha value is -3.95. The summed E-state index contributed by atoms with van der Waals surface area (Å²) in [6.45, 7) is 0. The molecule has 2 heterocycles. The molecule has 2 aromatic heterocycles. The summed E-state index contributed by atoms with van der Waals surface area (Å²) in [7, 11) is 0.